The normalized spacial score (nSPS) is 18.8. The molecule has 0 spiro atoms. The minimum atomic E-state index is -0.750. The molecule has 0 fully saturated rings. The minimum Gasteiger partial charge on any atom is -0.388 e. The van der Waals surface area contributed by atoms with Crippen molar-refractivity contribution >= 4 is 11.6 Å². The zero-order valence-corrected chi connectivity index (χ0v) is 10.2. The summed E-state index contributed by atoms with van der Waals surface area (Å²) < 4.78 is 13.8. The van der Waals surface area contributed by atoms with Crippen LogP contribution in [0.1, 0.15) is 44.4 Å². The second-order valence-corrected chi connectivity index (χ2v) is 4.93. The summed E-state index contributed by atoms with van der Waals surface area (Å²) in [5.74, 6) is -0.696. The predicted molar refractivity (Wildman–Crippen MR) is 63.3 cm³/mol. The highest BCUT2D eigenvalue weighted by Gasteiger charge is 2.40. The van der Waals surface area contributed by atoms with Gasteiger partial charge in [-0.25, -0.2) is 4.39 Å². The Bertz CT molecular complexity index is 483. The Morgan fingerprint density at radius 2 is 2.12 bits per heavy atom. The number of hydrogen-bond donors (Lipinski definition) is 2. The van der Waals surface area contributed by atoms with Gasteiger partial charge in [0.2, 0.25) is 5.91 Å². The summed E-state index contributed by atoms with van der Waals surface area (Å²) >= 11 is 0. The van der Waals surface area contributed by atoms with E-state index in [1.807, 2.05) is 6.92 Å². The van der Waals surface area contributed by atoms with Crippen molar-refractivity contribution in [3.63, 3.8) is 0 Å². The molecule has 92 valence electrons. The van der Waals surface area contributed by atoms with E-state index in [4.69, 9.17) is 0 Å². The standard InChI is InChI=1S/C13H16FNO2/c1-4-10(16)7-5-8-11(9(14)6-7)15-12(17)13(8,2)3/h5-6,10,16H,4H2,1-3H3,(H,15,17). The van der Waals surface area contributed by atoms with E-state index in [2.05, 4.69) is 5.32 Å². The highest BCUT2D eigenvalue weighted by molar-refractivity contribution is 6.05. The predicted octanol–water partition coefficient (Wildman–Crippen LogP) is 2.50. The Morgan fingerprint density at radius 1 is 1.47 bits per heavy atom. The third-order valence-corrected chi connectivity index (χ3v) is 3.36. The summed E-state index contributed by atoms with van der Waals surface area (Å²) in [4.78, 5) is 11.7. The fourth-order valence-corrected chi connectivity index (χ4v) is 2.07. The van der Waals surface area contributed by atoms with Crippen LogP contribution < -0.4 is 5.32 Å². The first kappa shape index (κ1) is 12.0. The molecule has 1 aromatic rings. The van der Waals surface area contributed by atoms with E-state index in [0.717, 1.165) is 0 Å². The summed E-state index contributed by atoms with van der Waals surface area (Å²) in [6.07, 6.45) is -0.179. The first-order valence-corrected chi connectivity index (χ1v) is 5.71. The maximum absolute atomic E-state index is 13.8. The Kier molecular flexibility index (Phi) is 2.70. The number of amides is 1. The van der Waals surface area contributed by atoms with Crippen molar-refractivity contribution in [3.05, 3.63) is 29.1 Å². The molecule has 1 aliphatic heterocycles. The molecule has 4 heteroatoms. The number of halogens is 1. The molecule has 1 atom stereocenters. The van der Waals surface area contributed by atoms with E-state index in [-0.39, 0.29) is 11.6 Å². The van der Waals surface area contributed by atoms with Gasteiger partial charge in [-0.1, -0.05) is 6.92 Å². The topological polar surface area (TPSA) is 49.3 Å². The van der Waals surface area contributed by atoms with Crippen molar-refractivity contribution in [2.24, 2.45) is 0 Å². The zero-order valence-electron chi connectivity index (χ0n) is 10.2. The lowest BCUT2D eigenvalue weighted by atomic mass is 9.84. The SMILES string of the molecule is CCC(O)c1cc(F)c2c(c1)C(C)(C)C(=O)N2. The number of benzene rings is 1. The number of aliphatic hydroxyl groups is 1. The molecule has 0 aliphatic carbocycles. The van der Waals surface area contributed by atoms with Crippen LogP contribution >= 0.6 is 0 Å². The van der Waals surface area contributed by atoms with Crippen LogP contribution in [0.5, 0.6) is 0 Å². The van der Waals surface area contributed by atoms with Gasteiger partial charge in [0, 0.05) is 0 Å². The molecule has 1 aromatic carbocycles. The van der Waals surface area contributed by atoms with Crippen LogP contribution in [-0.4, -0.2) is 11.0 Å². The third kappa shape index (κ3) is 1.72. The molecule has 0 saturated heterocycles. The van der Waals surface area contributed by atoms with E-state index in [1.165, 1.54) is 6.07 Å². The number of rotatable bonds is 2. The summed E-state index contributed by atoms with van der Waals surface area (Å²) in [5, 5.41) is 12.3. The zero-order chi connectivity index (χ0) is 12.8. The lowest BCUT2D eigenvalue weighted by molar-refractivity contribution is -0.119. The Balaban J connectivity index is 2.59. The van der Waals surface area contributed by atoms with Gasteiger partial charge in [0.15, 0.2) is 0 Å². The molecule has 1 unspecified atom stereocenters. The van der Waals surface area contributed by atoms with Gasteiger partial charge in [0.05, 0.1) is 17.2 Å². The van der Waals surface area contributed by atoms with Gasteiger partial charge >= 0.3 is 0 Å². The fourth-order valence-electron chi connectivity index (χ4n) is 2.07. The van der Waals surface area contributed by atoms with Crippen molar-refractivity contribution in [1.82, 2.24) is 0 Å². The Hall–Kier alpha value is -1.42. The average Bonchev–Trinajstić information content (AvgIpc) is 2.51. The first-order valence-electron chi connectivity index (χ1n) is 5.71. The second-order valence-electron chi connectivity index (χ2n) is 4.93. The van der Waals surface area contributed by atoms with Crippen molar-refractivity contribution in [2.45, 2.75) is 38.7 Å². The summed E-state index contributed by atoms with van der Waals surface area (Å²) in [7, 11) is 0. The number of hydrogen-bond acceptors (Lipinski definition) is 2. The first-order chi connectivity index (χ1) is 7.87. The molecule has 2 rings (SSSR count). The molecule has 3 nitrogen and oxygen atoms in total. The maximum Gasteiger partial charge on any atom is 0.234 e. The third-order valence-electron chi connectivity index (χ3n) is 3.36. The smallest absolute Gasteiger partial charge is 0.234 e. The van der Waals surface area contributed by atoms with Crippen LogP contribution in [0.4, 0.5) is 10.1 Å². The molecule has 2 N–H and O–H groups in total. The molecular weight excluding hydrogens is 221 g/mol. The highest BCUT2D eigenvalue weighted by Crippen LogP contribution is 2.40. The van der Waals surface area contributed by atoms with Crippen LogP contribution in [0.2, 0.25) is 0 Å². The van der Waals surface area contributed by atoms with Crippen LogP contribution in [0.25, 0.3) is 0 Å². The maximum atomic E-state index is 13.8. The number of anilines is 1. The van der Waals surface area contributed by atoms with E-state index >= 15 is 0 Å². The van der Waals surface area contributed by atoms with Crippen LogP contribution in [0.15, 0.2) is 12.1 Å². The molecule has 0 saturated carbocycles. The van der Waals surface area contributed by atoms with Crippen molar-refractivity contribution < 1.29 is 14.3 Å². The van der Waals surface area contributed by atoms with Crippen molar-refractivity contribution in [1.29, 1.82) is 0 Å². The monoisotopic (exact) mass is 237 g/mol. The summed E-state index contributed by atoms with van der Waals surface area (Å²) in [6, 6.07) is 3.00. The molecule has 0 bridgehead atoms. The Labute approximate surface area is 99.7 Å². The summed E-state index contributed by atoms with van der Waals surface area (Å²) in [5.41, 5.74) is 0.630. The quantitative estimate of drug-likeness (QED) is 0.830. The lowest BCUT2D eigenvalue weighted by Gasteiger charge is -2.17. The summed E-state index contributed by atoms with van der Waals surface area (Å²) in [6.45, 7) is 5.32. The molecule has 1 aliphatic rings. The molecule has 1 amide bonds. The van der Waals surface area contributed by atoms with Gasteiger partial charge in [-0.05, 0) is 43.5 Å². The highest BCUT2D eigenvalue weighted by atomic mass is 19.1. The van der Waals surface area contributed by atoms with Gasteiger partial charge in [-0.3, -0.25) is 4.79 Å². The van der Waals surface area contributed by atoms with E-state index in [1.54, 1.807) is 19.9 Å². The van der Waals surface area contributed by atoms with Gasteiger partial charge in [-0.2, -0.15) is 0 Å². The second kappa shape index (κ2) is 3.81. The molecule has 0 aromatic heterocycles. The number of aliphatic hydroxyl groups excluding tert-OH is 1. The van der Waals surface area contributed by atoms with E-state index in [9.17, 15) is 14.3 Å². The van der Waals surface area contributed by atoms with E-state index in [0.29, 0.717) is 17.5 Å². The van der Waals surface area contributed by atoms with Crippen molar-refractivity contribution in [2.75, 3.05) is 5.32 Å². The average molecular weight is 237 g/mol. The van der Waals surface area contributed by atoms with Gasteiger partial charge < -0.3 is 10.4 Å². The van der Waals surface area contributed by atoms with E-state index < -0.39 is 17.3 Å². The number of carbonyl (C=O) groups excluding carboxylic acids is 1. The largest absolute Gasteiger partial charge is 0.388 e. The van der Waals surface area contributed by atoms with Gasteiger partial charge in [0.25, 0.3) is 0 Å². The molecule has 0 radical (unpaired) electrons. The minimum absolute atomic E-state index is 0.213. The Morgan fingerprint density at radius 3 is 2.71 bits per heavy atom. The molecule has 1 heterocycles. The fraction of sp³-hybridized carbons (Fsp3) is 0.462. The number of nitrogens with one attached hydrogen (secondary N) is 1. The van der Waals surface area contributed by atoms with Crippen molar-refractivity contribution in [3.8, 4) is 0 Å². The number of carbonyl (C=O) groups is 1. The van der Waals surface area contributed by atoms with Crippen LogP contribution in [0, 0.1) is 5.82 Å². The molecule has 17 heavy (non-hydrogen) atoms. The lowest BCUT2D eigenvalue weighted by Crippen LogP contribution is -2.26. The van der Waals surface area contributed by atoms with Crippen LogP contribution in [0.3, 0.4) is 0 Å². The van der Waals surface area contributed by atoms with Gasteiger partial charge in [-0.15, -0.1) is 0 Å². The van der Waals surface area contributed by atoms with Gasteiger partial charge in [0.1, 0.15) is 5.82 Å². The molecular formula is C13H16FNO2. The number of fused-ring (bicyclic) bond motifs is 1. The van der Waals surface area contributed by atoms with Crippen LogP contribution in [-0.2, 0) is 10.2 Å².